The zero-order valence-electron chi connectivity index (χ0n) is 10.3. The van der Waals surface area contributed by atoms with Gasteiger partial charge in [0.05, 0.1) is 9.89 Å². The Bertz CT molecular complexity index is 534. The van der Waals surface area contributed by atoms with Gasteiger partial charge in [-0.15, -0.1) is 11.3 Å². The molecule has 0 amide bonds. The minimum atomic E-state index is -0.519. The van der Waals surface area contributed by atoms with Crippen molar-refractivity contribution in [1.82, 2.24) is 0 Å². The lowest BCUT2D eigenvalue weighted by Crippen LogP contribution is -2.00. The van der Waals surface area contributed by atoms with E-state index in [1.165, 1.54) is 0 Å². The van der Waals surface area contributed by atoms with E-state index < -0.39 is 6.10 Å². The van der Waals surface area contributed by atoms with Crippen LogP contribution in [0.1, 0.15) is 29.0 Å². The molecule has 0 radical (unpaired) electrons. The molecule has 2 aromatic rings. The summed E-state index contributed by atoms with van der Waals surface area (Å²) in [6.07, 6.45) is -0.519. The quantitative estimate of drug-likeness (QED) is 0.899. The van der Waals surface area contributed by atoms with Crippen LogP contribution in [0.5, 0.6) is 5.75 Å². The minimum Gasteiger partial charge on any atom is -0.488 e. The van der Waals surface area contributed by atoms with Crippen molar-refractivity contribution >= 4 is 27.3 Å². The van der Waals surface area contributed by atoms with Crippen LogP contribution in [0.3, 0.4) is 0 Å². The van der Waals surface area contributed by atoms with Crippen LogP contribution in [0.25, 0.3) is 0 Å². The summed E-state index contributed by atoms with van der Waals surface area (Å²) in [6.45, 7) is 4.29. The zero-order valence-corrected chi connectivity index (χ0v) is 12.7. The van der Waals surface area contributed by atoms with Gasteiger partial charge in [-0.25, -0.2) is 0 Å². The van der Waals surface area contributed by atoms with Crippen molar-refractivity contribution in [2.24, 2.45) is 0 Å². The molecule has 0 saturated heterocycles. The molecule has 0 aliphatic rings. The molecule has 1 heterocycles. The van der Waals surface area contributed by atoms with Crippen molar-refractivity contribution in [2.45, 2.75) is 26.6 Å². The number of halogens is 1. The van der Waals surface area contributed by atoms with Crippen molar-refractivity contribution in [2.75, 3.05) is 0 Å². The van der Waals surface area contributed by atoms with Gasteiger partial charge >= 0.3 is 0 Å². The number of aliphatic hydroxyl groups is 1. The van der Waals surface area contributed by atoms with E-state index >= 15 is 0 Å². The molecule has 0 bridgehead atoms. The lowest BCUT2D eigenvalue weighted by atomic mass is 10.1. The maximum absolute atomic E-state index is 9.75. The fraction of sp³-hybridized carbons (Fsp3) is 0.286. The molecule has 4 heteroatoms. The molecule has 0 saturated carbocycles. The topological polar surface area (TPSA) is 29.5 Å². The van der Waals surface area contributed by atoms with Crippen LogP contribution in [-0.4, -0.2) is 5.11 Å². The average molecular weight is 327 g/mol. The highest BCUT2D eigenvalue weighted by Crippen LogP contribution is 2.28. The Kier molecular flexibility index (Phi) is 4.43. The van der Waals surface area contributed by atoms with Crippen molar-refractivity contribution in [3.05, 3.63) is 50.1 Å². The summed E-state index contributed by atoms with van der Waals surface area (Å²) in [5, 5.41) is 9.75. The molecule has 1 aromatic heterocycles. The smallest absolute Gasteiger partial charge is 0.125 e. The third-order valence-electron chi connectivity index (χ3n) is 2.61. The predicted octanol–water partition coefficient (Wildman–Crippen LogP) is 4.45. The Labute approximate surface area is 119 Å². The summed E-state index contributed by atoms with van der Waals surface area (Å²) in [7, 11) is 0. The molecule has 0 aliphatic carbocycles. The van der Waals surface area contributed by atoms with E-state index in [-0.39, 0.29) is 0 Å². The number of hydrogen-bond donors (Lipinski definition) is 1. The summed E-state index contributed by atoms with van der Waals surface area (Å²) in [6, 6.07) is 9.91. The molecule has 0 spiro atoms. The lowest BCUT2D eigenvalue weighted by Gasteiger charge is -2.13. The average Bonchev–Trinajstić information content (AvgIpc) is 2.73. The third-order valence-corrected chi connectivity index (χ3v) is 4.21. The second-order valence-corrected chi connectivity index (χ2v) is 6.76. The Hall–Kier alpha value is -0.840. The van der Waals surface area contributed by atoms with E-state index in [9.17, 15) is 5.11 Å². The second-order valence-electron chi connectivity index (χ2n) is 4.21. The molecule has 0 fully saturated rings. The molecule has 1 unspecified atom stereocenters. The molecule has 96 valence electrons. The number of hydrogen-bond acceptors (Lipinski definition) is 3. The van der Waals surface area contributed by atoms with Crippen molar-refractivity contribution < 1.29 is 9.84 Å². The van der Waals surface area contributed by atoms with E-state index in [2.05, 4.69) is 15.9 Å². The first-order valence-electron chi connectivity index (χ1n) is 5.72. The first kappa shape index (κ1) is 13.6. The van der Waals surface area contributed by atoms with Crippen LogP contribution < -0.4 is 4.74 Å². The van der Waals surface area contributed by atoms with Crippen molar-refractivity contribution in [3.8, 4) is 5.75 Å². The Morgan fingerprint density at radius 3 is 2.72 bits per heavy atom. The summed E-state index contributed by atoms with van der Waals surface area (Å²) < 4.78 is 6.88. The van der Waals surface area contributed by atoms with Gasteiger partial charge in [0.15, 0.2) is 0 Å². The second kappa shape index (κ2) is 5.87. The van der Waals surface area contributed by atoms with Gasteiger partial charge in [0.2, 0.25) is 0 Å². The fourth-order valence-electron chi connectivity index (χ4n) is 1.70. The van der Waals surface area contributed by atoms with Gasteiger partial charge in [0.25, 0.3) is 0 Å². The highest BCUT2D eigenvalue weighted by Gasteiger charge is 2.10. The summed E-state index contributed by atoms with van der Waals surface area (Å²) in [4.78, 5) is 1.15. The largest absolute Gasteiger partial charge is 0.488 e. The first-order chi connectivity index (χ1) is 8.56. The maximum Gasteiger partial charge on any atom is 0.125 e. The molecule has 1 atom stereocenters. The van der Waals surface area contributed by atoms with Crippen LogP contribution in [0.4, 0.5) is 0 Å². The van der Waals surface area contributed by atoms with Crippen molar-refractivity contribution in [1.29, 1.82) is 0 Å². The molecule has 2 nitrogen and oxygen atoms in total. The predicted molar refractivity (Wildman–Crippen MR) is 78.2 cm³/mol. The van der Waals surface area contributed by atoms with Crippen LogP contribution in [-0.2, 0) is 6.61 Å². The third kappa shape index (κ3) is 3.34. The van der Waals surface area contributed by atoms with Crippen LogP contribution in [0.2, 0.25) is 0 Å². The van der Waals surface area contributed by atoms with Gasteiger partial charge in [-0.1, -0.05) is 11.6 Å². The molecule has 1 N–H and O–H groups in total. The zero-order chi connectivity index (χ0) is 13.1. The molecule has 0 aliphatic heterocycles. The number of benzene rings is 1. The lowest BCUT2D eigenvalue weighted by molar-refractivity contribution is 0.190. The van der Waals surface area contributed by atoms with Crippen LogP contribution >= 0.6 is 27.3 Å². The maximum atomic E-state index is 9.75. The number of aryl methyl sites for hydroxylation is 1. The monoisotopic (exact) mass is 326 g/mol. The highest BCUT2D eigenvalue weighted by molar-refractivity contribution is 9.11. The minimum absolute atomic E-state index is 0.519. The van der Waals surface area contributed by atoms with Gasteiger partial charge in [-0.05, 0) is 54.0 Å². The highest BCUT2D eigenvalue weighted by atomic mass is 79.9. The Balaban J connectivity index is 2.13. The molecular formula is C14H15BrO2S. The first-order valence-corrected chi connectivity index (χ1v) is 7.33. The van der Waals surface area contributed by atoms with Gasteiger partial charge in [-0.3, -0.25) is 0 Å². The number of ether oxygens (including phenoxy) is 1. The SMILES string of the molecule is Cc1ccc(OCc2ccc(Br)s2)c(C(C)O)c1. The molecule has 2 rings (SSSR count). The number of thiophene rings is 1. The fourth-order valence-corrected chi connectivity index (χ4v) is 3.10. The van der Waals surface area contributed by atoms with Gasteiger partial charge in [0.1, 0.15) is 12.4 Å². The van der Waals surface area contributed by atoms with E-state index in [1.807, 2.05) is 37.3 Å². The normalized spacial score (nSPS) is 12.4. The number of aliphatic hydroxyl groups excluding tert-OH is 1. The number of rotatable bonds is 4. The van der Waals surface area contributed by atoms with Gasteiger partial charge in [-0.2, -0.15) is 0 Å². The Morgan fingerprint density at radius 2 is 2.11 bits per heavy atom. The molecule has 1 aromatic carbocycles. The van der Waals surface area contributed by atoms with Crippen LogP contribution in [0, 0.1) is 6.92 Å². The Morgan fingerprint density at radius 1 is 1.33 bits per heavy atom. The molecule has 18 heavy (non-hydrogen) atoms. The summed E-state index contributed by atoms with van der Waals surface area (Å²) in [5.41, 5.74) is 1.96. The van der Waals surface area contributed by atoms with Crippen LogP contribution in [0.15, 0.2) is 34.1 Å². The van der Waals surface area contributed by atoms with E-state index in [1.54, 1.807) is 18.3 Å². The molecular weight excluding hydrogens is 312 g/mol. The van der Waals surface area contributed by atoms with Crippen molar-refractivity contribution in [3.63, 3.8) is 0 Å². The van der Waals surface area contributed by atoms with Gasteiger partial charge in [0, 0.05) is 10.4 Å². The summed E-state index contributed by atoms with van der Waals surface area (Å²) >= 11 is 5.08. The standard InChI is InChI=1S/C14H15BrO2S/c1-9-3-5-13(12(7-9)10(2)16)17-8-11-4-6-14(15)18-11/h3-7,10,16H,8H2,1-2H3. The van der Waals surface area contributed by atoms with Gasteiger partial charge < -0.3 is 9.84 Å². The van der Waals surface area contributed by atoms with E-state index in [0.717, 1.165) is 25.5 Å². The summed E-state index contributed by atoms with van der Waals surface area (Å²) in [5.74, 6) is 0.750. The van der Waals surface area contributed by atoms with E-state index in [0.29, 0.717) is 6.61 Å². The van der Waals surface area contributed by atoms with E-state index in [4.69, 9.17) is 4.74 Å².